The van der Waals surface area contributed by atoms with Crippen molar-refractivity contribution in [1.29, 1.82) is 0 Å². The van der Waals surface area contributed by atoms with Crippen LogP contribution in [0.1, 0.15) is 144 Å². The van der Waals surface area contributed by atoms with E-state index in [0.717, 1.165) is 14.7 Å². The standard InChI is InChI=1S/C75H113N17O31.3Ni/c1-5-91-35-51(82-85-91)43-121-59-30-49(31-60(122-44-52-36-92(6-2)86-83-52)69(59)123-45-50-34-87(4)84-81-50)70(109)80-55(33-76-3)71(110)79-24-29-117-25-19-54(94)32-75(46-118-26-18-53(93)14-8-7-9-15-56(72(111)112)88(37-63(97)98)38-64(99)100,47-119-27-20-61(95)77-22-12-10-16-57(73(113)114)89(39-65(101)102)40-66(103)104)48-120-28-21-62(96)78-23-13-11-17-58(74(115)116)90(41-67(105)106)42-68(107)108;;;/h30-31,34-36,55-58,76H,5-29,32-33,37-48H2,1-4H3,(H,77,95)(H,78,96)(H,79,110)(H,80,109)(H,97,98)(H,99,100)(H,101,102)(H,103,104)(H,105,106)(H,107,108)(H,111,112)(H,113,114)(H,115,116);;;/q;3*+3. The van der Waals surface area contributed by atoms with Crippen LogP contribution in [0.15, 0.2) is 30.7 Å². The van der Waals surface area contributed by atoms with E-state index >= 15 is 0 Å². The molecule has 0 aliphatic rings. The fraction of sp³-hybridized carbons (Fsp3) is 0.640. The largest absolute Gasteiger partial charge is 3.00 e. The van der Waals surface area contributed by atoms with Crippen LogP contribution in [0.5, 0.6) is 17.2 Å². The number of aliphatic carboxylic acids is 9. The minimum absolute atomic E-state index is 0. The Balaban J connectivity index is 0.0000265. The number of likely N-dealkylation sites (N-methyl/N-ethyl adjacent to an activating group) is 1. The summed E-state index contributed by atoms with van der Waals surface area (Å²) >= 11 is 0. The number of carboxylic acids is 9. The first-order valence-corrected chi connectivity index (χ1v) is 39.7. The molecule has 0 spiro atoms. The number of unbranched alkanes of at least 4 members (excludes halogenated alkanes) is 4. The molecule has 4 aromatic rings. The summed E-state index contributed by atoms with van der Waals surface area (Å²) in [6, 6.07) is -2.78. The van der Waals surface area contributed by atoms with Crippen molar-refractivity contribution in [1.82, 2.24) is 86.3 Å². The van der Waals surface area contributed by atoms with Gasteiger partial charge >= 0.3 is 103 Å². The molecule has 4 unspecified atom stereocenters. The van der Waals surface area contributed by atoms with Crippen molar-refractivity contribution >= 4 is 88.9 Å². The zero-order valence-electron chi connectivity index (χ0n) is 70.1. The number of ketones is 2. The summed E-state index contributed by atoms with van der Waals surface area (Å²) in [6.45, 7) is -3.14. The van der Waals surface area contributed by atoms with Gasteiger partial charge in [0, 0.05) is 95.8 Å². The Labute approximate surface area is 754 Å². The number of carbonyl (C=O) groups excluding carboxylic acids is 6. The molecule has 14 N–H and O–H groups in total. The smallest absolute Gasteiger partial charge is 0.483 e. The summed E-state index contributed by atoms with van der Waals surface area (Å²) in [4.78, 5) is 189. The van der Waals surface area contributed by atoms with Gasteiger partial charge in [-0.1, -0.05) is 28.5 Å². The molecule has 126 heavy (non-hydrogen) atoms. The van der Waals surface area contributed by atoms with Gasteiger partial charge in [-0.15, -0.1) is 15.3 Å². The van der Waals surface area contributed by atoms with E-state index in [1.165, 1.54) is 16.8 Å². The Bertz CT molecular complexity index is 3780. The average Bonchev–Trinajstić information content (AvgIpc) is 1.19. The number of benzene rings is 1. The quantitative estimate of drug-likeness (QED) is 0.0179. The van der Waals surface area contributed by atoms with Gasteiger partial charge in [0.05, 0.1) is 111 Å². The van der Waals surface area contributed by atoms with Gasteiger partial charge in [0.1, 0.15) is 72.6 Å². The van der Waals surface area contributed by atoms with Crippen LogP contribution >= 0.6 is 0 Å². The van der Waals surface area contributed by atoms with Gasteiger partial charge in [-0.2, -0.15) is 0 Å². The van der Waals surface area contributed by atoms with Crippen LogP contribution in [0.3, 0.4) is 0 Å². The monoisotopic (exact) mass is 1920 g/mol. The Morgan fingerprint density at radius 1 is 0.444 bits per heavy atom. The number of Topliss-reactive ketones (excluding diaryl/α,β-unsaturated/α-hetero) is 2. The first-order chi connectivity index (χ1) is 58.6. The maximum atomic E-state index is 14.4. The third-order valence-corrected chi connectivity index (χ3v) is 18.3. The number of carbonyl (C=O) groups is 15. The molecule has 0 bridgehead atoms. The van der Waals surface area contributed by atoms with Crippen LogP contribution < -0.4 is 40.8 Å². The van der Waals surface area contributed by atoms with Crippen LogP contribution in [0.2, 0.25) is 0 Å². The number of aromatic nitrogens is 9. The molecule has 0 fully saturated rings. The molecule has 48 nitrogen and oxygen atoms in total. The van der Waals surface area contributed by atoms with Crippen LogP contribution in [0, 0.1) is 5.41 Å². The number of nitrogens with one attached hydrogen (secondary N) is 5. The van der Waals surface area contributed by atoms with E-state index in [-0.39, 0.29) is 273 Å². The average molecular weight is 1920 g/mol. The Morgan fingerprint density at radius 3 is 1.22 bits per heavy atom. The number of nitrogens with zero attached hydrogens (tertiary/aromatic N) is 12. The normalized spacial score (nSPS) is 12.5. The van der Waals surface area contributed by atoms with E-state index in [1.54, 1.807) is 42.0 Å². The molecule has 0 saturated heterocycles. The summed E-state index contributed by atoms with van der Waals surface area (Å²) < 4.78 is 47.5. The van der Waals surface area contributed by atoms with Crippen molar-refractivity contribution in [2.75, 3.05) is 125 Å². The second kappa shape index (κ2) is 62.7. The van der Waals surface area contributed by atoms with Gasteiger partial charge < -0.3 is 106 Å². The van der Waals surface area contributed by atoms with Crippen molar-refractivity contribution < 1.29 is 201 Å². The van der Waals surface area contributed by atoms with Gasteiger partial charge in [-0.05, 0) is 84.4 Å². The molecule has 4 amide bonds. The van der Waals surface area contributed by atoms with E-state index in [2.05, 4.69) is 57.5 Å². The maximum Gasteiger partial charge on any atom is 3.00 e. The van der Waals surface area contributed by atoms with Crippen molar-refractivity contribution in [2.24, 2.45) is 12.5 Å². The Hall–Kier alpha value is -10.3. The van der Waals surface area contributed by atoms with Crippen LogP contribution in [0.25, 0.3) is 0 Å². The number of carboxylic acid groups (broad SMARTS) is 9. The first kappa shape index (κ1) is 114. The van der Waals surface area contributed by atoms with Gasteiger partial charge in [-0.3, -0.25) is 101 Å². The van der Waals surface area contributed by atoms with Crippen LogP contribution in [-0.4, -0.2) is 344 Å². The summed E-state index contributed by atoms with van der Waals surface area (Å²) in [6.07, 6.45) is 4.51. The molecular weight excluding hydrogens is 1810 g/mol. The molecule has 4 atom stereocenters. The topological polar surface area (TPSA) is 665 Å². The molecule has 3 heterocycles. The van der Waals surface area contributed by atoms with E-state index < -0.39 is 152 Å². The van der Waals surface area contributed by atoms with Crippen LogP contribution in [0.4, 0.5) is 0 Å². The molecule has 0 saturated carbocycles. The molecule has 1 aromatic carbocycles. The summed E-state index contributed by atoms with van der Waals surface area (Å²) in [5.74, 6) is -16.1. The summed E-state index contributed by atoms with van der Waals surface area (Å²) in [7, 11) is 3.24. The zero-order chi connectivity index (χ0) is 90.8. The number of hydrogen-bond acceptors (Lipinski definition) is 32. The zero-order valence-corrected chi connectivity index (χ0v) is 73.1. The van der Waals surface area contributed by atoms with E-state index in [0.29, 0.717) is 36.6 Å². The molecule has 0 aliphatic heterocycles. The second-order valence-corrected chi connectivity index (χ2v) is 28.5. The van der Waals surface area contributed by atoms with Gasteiger partial charge in [-0.25, -0.2) is 0 Å². The fourth-order valence-electron chi connectivity index (χ4n) is 12.4. The Kier molecular flexibility index (Phi) is 56.6. The molecule has 3 radical (unpaired) electrons. The molecule has 705 valence electrons. The fourth-order valence-corrected chi connectivity index (χ4v) is 12.4. The summed E-state index contributed by atoms with van der Waals surface area (Å²) in [5.41, 5.74) is -0.147. The van der Waals surface area contributed by atoms with E-state index in [1.807, 2.05) is 13.8 Å². The number of rotatable bonds is 73. The molecule has 0 aliphatic carbocycles. The molecular formula is C75H113N17Ni3O31+9. The van der Waals surface area contributed by atoms with E-state index in [4.69, 9.17) is 33.2 Å². The number of aryl methyl sites for hydroxylation is 3. The number of amides is 4. The predicted molar refractivity (Wildman–Crippen MR) is 420 cm³/mol. The first-order valence-electron chi connectivity index (χ1n) is 39.7. The van der Waals surface area contributed by atoms with Gasteiger partial charge in [0.15, 0.2) is 11.5 Å². The maximum absolute atomic E-state index is 14.4. The summed E-state index contributed by atoms with van der Waals surface area (Å²) in [5, 5.41) is 123. The van der Waals surface area contributed by atoms with Crippen molar-refractivity contribution in [3.8, 4) is 17.2 Å². The third-order valence-electron chi connectivity index (χ3n) is 18.3. The van der Waals surface area contributed by atoms with Gasteiger partial charge in [0.25, 0.3) is 5.91 Å². The van der Waals surface area contributed by atoms with Crippen molar-refractivity contribution in [3.05, 3.63) is 53.4 Å². The number of hydrogen-bond donors (Lipinski definition) is 14. The second-order valence-electron chi connectivity index (χ2n) is 28.5. The van der Waals surface area contributed by atoms with Crippen molar-refractivity contribution in [3.63, 3.8) is 0 Å². The minimum atomic E-state index is -1.47. The van der Waals surface area contributed by atoms with E-state index in [9.17, 15) is 118 Å². The minimum Gasteiger partial charge on any atom is -0.483 e. The Morgan fingerprint density at radius 2 is 0.833 bits per heavy atom. The van der Waals surface area contributed by atoms with Crippen molar-refractivity contribution in [2.45, 2.75) is 174 Å². The van der Waals surface area contributed by atoms with Gasteiger partial charge in [0.2, 0.25) is 23.5 Å². The molecule has 3 aromatic heterocycles. The third kappa shape index (κ3) is 46.2. The number of ether oxygens (including phenoxy) is 7. The SMILES string of the molecule is CCn1cc(COc2cc(C(=O)NC(CNC)C(=O)NCCOCCC(=O)CC(COCCC(=O)CCCCCC(C(=O)O)N(CC(=O)O)CC(=O)O)(COCCC(=O)NCCCCC(C(=O)O)N(CC(=O)O)CC(=O)O)COCCC(=O)NCCCCC(C(=O)O)N(CC(=O)O)CC(=O)O)cc(OCc3cn(CC)nn3)c2OCc2cn(C)nn2)nn1.[Ni+3].[Ni+3].[Ni+3]. The van der Waals surface area contributed by atoms with Crippen LogP contribution in [-0.2, 0) is 176 Å². The molecule has 51 heteroatoms. The predicted octanol–water partition coefficient (Wildman–Crippen LogP) is -1.36. The molecule has 4 rings (SSSR count).